The highest BCUT2D eigenvalue weighted by Crippen LogP contribution is 2.31. The summed E-state index contributed by atoms with van der Waals surface area (Å²) in [7, 11) is 1.65. The van der Waals surface area contributed by atoms with E-state index < -0.39 is 0 Å². The number of rotatable bonds is 7. The van der Waals surface area contributed by atoms with E-state index in [0.717, 1.165) is 23.9 Å². The average molecular weight is 316 g/mol. The van der Waals surface area contributed by atoms with Crippen molar-refractivity contribution in [3.05, 3.63) is 24.3 Å². The van der Waals surface area contributed by atoms with E-state index in [2.05, 4.69) is 10.2 Å². The van der Waals surface area contributed by atoms with E-state index in [0.29, 0.717) is 12.6 Å². The summed E-state index contributed by atoms with van der Waals surface area (Å²) in [6.45, 7) is 1.62. The molecule has 3 rings (SSSR count). The Hall–Kier alpha value is -1.55. The number of nitrogens with one attached hydrogen (secondary N) is 1. The molecule has 0 unspecified atom stereocenters. The lowest BCUT2D eigenvalue weighted by atomic mass is 9.89. The molecule has 2 saturated carbocycles. The van der Waals surface area contributed by atoms with Gasteiger partial charge in [0.15, 0.2) is 0 Å². The van der Waals surface area contributed by atoms with Gasteiger partial charge in [-0.25, -0.2) is 0 Å². The fourth-order valence-electron chi connectivity index (χ4n) is 3.54. The van der Waals surface area contributed by atoms with E-state index in [1.165, 1.54) is 44.9 Å². The number of carbonyl (C=O) groups is 1. The molecule has 2 aliphatic carbocycles. The van der Waals surface area contributed by atoms with Crippen molar-refractivity contribution in [2.75, 3.05) is 25.5 Å². The molecule has 1 amide bonds. The Morgan fingerprint density at radius 2 is 1.83 bits per heavy atom. The van der Waals surface area contributed by atoms with Crippen molar-refractivity contribution in [1.82, 2.24) is 4.90 Å². The van der Waals surface area contributed by atoms with Crippen LogP contribution in [0.3, 0.4) is 0 Å². The summed E-state index contributed by atoms with van der Waals surface area (Å²) in [5.41, 5.74) is 0.837. The third kappa shape index (κ3) is 4.96. The van der Waals surface area contributed by atoms with Crippen molar-refractivity contribution in [2.45, 2.75) is 51.0 Å². The number of anilines is 1. The number of hydrogen-bond acceptors (Lipinski definition) is 3. The topological polar surface area (TPSA) is 41.6 Å². The van der Waals surface area contributed by atoms with Crippen molar-refractivity contribution in [1.29, 1.82) is 0 Å². The van der Waals surface area contributed by atoms with E-state index in [1.54, 1.807) is 7.11 Å². The summed E-state index contributed by atoms with van der Waals surface area (Å²) in [6.07, 6.45) is 9.29. The first kappa shape index (κ1) is 16.3. The Balaban J connectivity index is 1.51. The number of nitrogens with zero attached hydrogens (tertiary/aromatic N) is 1. The molecule has 0 bridgehead atoms. The molecule has 2 fully saturated rings. The third-order valence-corrected chi connectivity index (χ3v) is 5.00. The summed E-state index contributed by atoms with van der Waals surface area (Å²) >= 11 is 0. The zero-order chi connectivity index (χ0) is 16.1. The maximum absolute atomic E-state index is 12.4. The van der Waals surface area contributed by atoms with Gasteiger partial charge >= 0.3 is 0 Å². The second-order valence-electron chi connectivity index (χ2n) is 6.94. The molecule has 23 heavy (non-hydrogen) atoms. The average Bonchev–Trinajstić information content (AvgIpc) is 3.41. The second-order valence-corrected chi connectivity index (χ2v) is 6.94. The molecular formula is C19H28N2O2. The lowest BCUT2D eigenvalue weighted by molar-refractivity contribution is -0.117. The first-order chi connectivity index (χ1) is 11.2. The zero-order valence-corrected chi connectivity index (χ0v) is 14.1. The zero-order valence-electron chi connectivity index (χ0n) is 14.1. The lowest BCUT2D eigenvalue weighted by Crippen LogP contribution is -2.38. The maximum Gasteiger partial charge on any atom is 0.238 e. The van der Waals surface area contributed by atoms with E-state index in [1.807, 2.05) is 24.3 Å². The fraction of sp³-hybridized carbons (Fsp3) is 0.632. The molecule has 126 valence electrons. The van der Waals surface area contributed by atoms with E-state index in [-0.39, 0.29) is 5.91 Å². The summed E-state index contributed by atoms with van der Waals surface area (Å²) in [4.78, 5) is 14.8. The van der Waals surface area contributed by atoms with Gasteiger partial charge in [0.25, 0.3) is 0 Å². The molecule has 0 aliphatic heterocycles. The van der Waals surface area contributed by atoms with Crippen LogP contribution in [0.5, 0.6) is 5.75 Å². The molecule has 2 aliphatic rings. The molecule has 1 aromatic rings. The Morgan fingerprint density at radius 1 is 1.13 bits per heavy atom. The van der Waals surface area contributed by atoms with Crippen LogP contribution in [0, 0.1) is 5.92 Å². The first-order valence-corrected chi connectivity index (χ1v) is 8.92. The minimum absolute atomic E-state index is 0.0953. The summed E-state index contributed by atoms with van der Waals surface area (Å²) in [6, 6.07) is 8.16. The van der Waals surface area contributed by atoms with Gasteiger partial charge < -0.3 is 10.1 Å². The summed E-state index contributed by atoms with van der Waals surface area (Å²) in [5, 5.41) is 3.01. The number of methoxy groups -OCH3 is 1. The Labute approximate surface area is 139 Å². The molecule has 0 spiro atoms. The van der Waals surface area contributed by atoms with Crippen molar-refractivity contribution in [2.24, 2.45) is 5.92 Å². The van der Waals surface area contributed by atoms with Crippen molar-refractivity contribution in [3.63, 3.8) is 0 Å². The summed E-state index contributed by atoms with van der Waals surface area (Å²) < 4.78 is 5.14. The van der Waals surface area contributed by atoms with E-state index in [9.17, 15) is 4.79 Å². The summed E-state index contributed by atoms with van der Waals surface area (Å²) in [5.74, 6) is 1.69. The van der Waals surface area contributed by atoms with Gasteiger partial charge in [0.05, 0.1) is 13.7 Å². The number of amides is 1. The van der Waals surface area contributed by atoms with Gasteiger partial charge in [-0.2, -0.15) is 0 Å². The molecule has 0 radical (unpaired) electrons. The monoisotopic (exact) mass is 316 g/mol. The number of ether oxygens (including phenoxy) is 1. The van der Waals surface area contributed by atoms with Gasteiger partial charge in [0.2, 0.25) is 5.91 Å². The van der Waals surface area contributed by atoms with Crippen LogP contribution >= 0.6 is 0 Å². The van der Waals surface area contributed by atoms with Crippen LogP contribution in [-0.2, 0) is 4.79 Å². The minimum atomic E-state index is 0.0953. The van der Waals surface area contributed by atoms with Crippen LogP contribution in [0.15, 0.2) is 24.3 Å². The fourth-order valence-corrected chi connectivity index (χ4v) is 3.54. The molecular weight excluding hydrogens is 288 g/mol. The quantitative estimate of drug-likeness (QED) is 0.834. The SMILES string of the molecule is COc1ccc(NC(=O)CN(CC2CCCCC2)C2CC2)cc1. The molecule has 4 nitrogen and oxygen atoms in total. The van der Waals surface area contributed by atoms with Crippen molar-refractivity contribution >= 4 is 11.6 Å². The third-order valence-electron chi connectivity index (χ3n) is 5.00. The Kier molecular flexibility index (Phi) is 5.55. The van der Waals surface area contributed by atoms with Crippen molar-refractivity contribution in [3.8, 4) is 5.75 Å². The predicted octanol–water partition coefficient (Wildman–Crippen LogP) is 3.68. The molecule has 1 N–H and O–H groups in total. The number of carbonyl (C=O) groups excluding carboxylic acids is 1. The number of benzene rings is 1. The highest BCUT2D eigenvalue weighted by Gasteiger charge is 2.32. The standard InChI is InChI=1S/C19H28N2O2/c1-23-18-11-7-16(8-12-18)20-19(22)14-21(17-9-10-17)13-15-5-3-2-4-6-15/h7-8,11-12,15,17H,2-6,9-10,13-14H2,1H3,(H,20,22). The van der Waals surface area contributed by atoms with E-state index in [4.69, 9.17) is 4.74 Å². The second kappa shape index (κ2) is 7.82. The largest absolute Gasteiger partial charge is 0.497 e. The van der Waals surface area contributed by atoms with Crippen LogP contribution in [0.4, 0.5) is 5.69 Å². The Bertz CT molecular complexity index is 505. The van der Waals surface area contributed by atoms with Gasteiger partial charge in [-0.3, -0.25) is 9.69 Å². The number of hydrogen-bond donors (Lipinski definition) is 1. The van der Waals surface area contributed by atoms with Crippen LogP contribution in [0.1, 0.15) is 44.9 Å². The Morgan fingerprint density at radius 3 is 2.43 bits per heavy atom. The highest BCUT2D eigenvalue weighted by atomic mass is 16.5. The van der Waals surface area contributed by atoms with Crippen LogP contribution in [-0.4, -0.2) is 37.0 Å². The minimum Gasteiger partial charge on any atom is -0.497 e. The molecule has 4 heteroatoms. The van der Waals surface area contributed by atoms with Gasteiger partial charge in [-0.15, -0.1) is 0 Å². The molecule has 0 saturated heterocycles. The molecule has 1 aromatic carbocycles. The van der Waals surface area contributed by atoms with Crippen LogP contribution in [0.2, 0.25) is 0 Å². The van der Waals surface area contributed by atoms with Crippen molar-refractivity contribution < 1.29 is 9.53 Å². The molecule has 0 heterocycles. The van der Waals surface area contributed by atoms with Gasteiger partial charge in [-0.1, -0.05) is 19.3 Å². The first-order valence-electron chi connectivity index (χ1n) is 8.92. The molecule has 0 atom stereocenters. The normalized spacial score (nSPS) is 18.9. The highest BCUT2D eigenvalue weighted by molar-refractivity contribution is 5.92. The molecule has 0 aromatic heterocycles. The van der Waals surface area contributed by atoms with Crippen LogP contribution in [0.25, 0.3) is 0 Å². The van der Waals surface area contributed by atoms with Gasteiger partial charge in [0, 0.05) is 18.3 Å². The predicted molar refractivity (Wildman–Crippen MR) is 92.8 cm³/mol. The van der Waals surface area contributed by atoms with Gasteiger partial charge in [0.1, 0.15) is 5.75 Å². The van der Waals surface area contributed by atoms with Gasteiger partial charge in [-0.05, 0) is 55.9 Å². The van der Waals surface area contributed by atoms with Crippen LogP contribution < -0.4 is 10.1 Å². The lowest BCUT2D eigenvalue weighted by Gasteiger charge is -2.29. The maximum atomic E-state index is 12.4. The van der Waals surface area contributed by atoms with E-state index >= 15 is 0 Å². The smallest absolute Gasteiger partial charge is 0.238 e.